The minimum Gasteiger partial charge on any atom is -0.444 e. The molecule has 0 radical (unpaired) electrons. The maximum absolute atomic E-state index is 12.3. The Labute approximate surface area is 145 Å². The van der Waals surface area contributed by atoms with E-state index in [1.54, 1.807) is 0 Å². The molecule has 0 unspecified atom stereocenters. The number of alkyl carbamates (subject to hydrolysis) is 1. The Morgan fingerprint density at radius 3 is 2.42 bits per heavy atom. The van der Waals surface area contributed by atoms with Crippen LogP contribution < -0.4 is 5.32 Å². The van der Waals surface area contributed by atoms with Gasteiger partial charge in [0.15, 0.2) is 0 Å². The van der Waals surface area contributed by atoms with E-state index in [0.717, 1.165) is 25.9 Å². The molecule has 1 aliphatic carbocycles. The summed E-state index contributed by atoms with van der Waals surface area (Å²) < 4.78 is 5.50. The van der Waals surface area contributed by atoms with Crippen molar-refractivity contribution in [1.82, 2.24) is 10.2 Å². The first-order valence-corrected chi connectivity index (χ1v) is 8.94. The normalized spacial score (nSPS) is 31.0. The number of nitrogens with one attached hydrogen (secondary N) is 1. The summed E-state index contributed by atoms with van der Waals surface area (Å²) in [5.41, 5.74) is 0.844. The fourth-order valence-corrected chi connectivity index (χ4v) is 4.17. The summed E-state index contributed by atoms with van der Waals surface area (Å²) in [4.78, 5) is 14.8. The molecular formula is C20H30N2O2. The summed E-state index contributed by atoms with van der Waals surface area (Å²) in [7, 11) is 0. The molecule has 2 aliphatic rings. The van der Waals surface area contributed by atoms with Crippen molar-refractivity contribution in [3.05, 3.63) is 35.9 Å². The van der Waals surface area contributed by atoms with Gasteiger partial charge >= 0.3 is 6.09 Å². The van der Waals surface area contributed by atoms with Gasteiger partial charge in [-0.2, -0.15) is 0 Å². The third kappa shape index (κ3) is 3.04. The topological polar surface area (TPSA) is 41.6 Å². The predicted molar refractivity (Wildman–Crippen MR) is 95.9 cm³/mol. The molecule has 3 rings (SSSR count). The minimum absolute atomic E-state index is 0.132. The zero-order valence-electron chi connectivity index (χ0n) is 15.6. The Hall–Kier alpha value is -1.55. The number of likely N-dealkylation sites (tertiary alicyclic amines) is 1. The van der Waals surface area contributed by atoms with Crippen molar-refractivity contribution in [1.29, 1.82) is 0 Å². The van der Waals surface area contributed by atoms with Crippen LogP contribution in [0, 0.1) is 5.41 Å². The van der Waals surface area contributed by atoms with Crippen molar-refractivity contribution in [3.63, 3.8) is 0 Å². The van der Waals surface area contributed by atoms with Crippen molar-refractivity contribution in [2.24, 2.45) is 5.41 Å². The van der Waals surface area contributed by atoms with E-state index in [0.29, 0.717) is 6.04 Å². The van der Waals surface area contributed by atoms with Crippen molar-refractivity contribution >= 4 is 6.09 Å². The van der Waals surface area contributed by atoms with Gasteiger partial charge in [-0.15, -0.1) is 0 Å². The van der Waals surface area contributed by atoms with Crippen molar-refractivity contribution in [3.8, 4) is 0 Å². The molecule has 0 spiro atoms. The monoisotopic (exact) mass is 330 g/mol. The van der Waals surface area contributed by atoms with Crippen molar-refractivity contribution in [2.75, 3.05) is 13.1 Å². The van der Waals surface area contributed by atoms with E-state index in [-0.39, 0.29) is 17.0 Å². The zero-order chi connectivity index (χ0) is 17.6. The third-order valence-corrected chi connectivity index (χ3v) is 5.85. The van der Waals surface area contributed by atoms with Crippen LogP contribution in [0.1, 0.15) is 59.1 Å². The van der Waals surface area contributed by atoms with Crippen LogP contribution in [-0.4, -0.2) is 35.2 Å². The smallest absolute Gasteiger partial charge is 0.408 e. The second-order valence-electron chi connectivity index (χ2n) is 8.76. The Kier molecular flexibility index (Phi) is 4.15. The molecule has 3 atom stereocenters. The Morgan fingerprint density at radius 2 is 1.88 bits per heavy atom. The van der Waals surface area contributed by atoms with Gasteiger partial charge in [-0.25, -0.2) is 4.79 Å². The first-order valence-electron chi connectivity index (χ1n) is 8.94. The summed E-state index contributed by atoms with van der Waals surface area (Å²) >= 11 is 0. The summed E-state index contributed by atoms with van der Waals surface area (Å²) in [6.07, 6.45) is 1.89. The number of hydrogen-bond acceptors (Lipinski definition) is 3. The predicted octanol–water partition coefficient (Wildman–Crippen LogP) is 4.13. The van der Waals surface area contributed by atoms with Crippen LogP contribution in [0.15, 0.2) is 30.3 Å². The molecule has 1 aliphatic heterocycles. The zero-order valence-corrected chi connectivity index (χ0v) is 15.6. The highest BCUT2D eigenvalue weighted by Gasteiger charge is 2.63. The molecular weight excluding hydrogens is 300 g/mol. The Morgan fingerprint density at radius 1 is 1.21 bits per heavy atom. The van der Waals surface area contributed by atoms with Gasteiger partial charge in [0.25, 0.3) is 0 Å². The van der Waals surface area contributed by atoms with Crippen molar-refractivity contribution in [2.45, 2.75) is 64.6 Å². The van der Waals surface area contributed by atoms with Gasteiger partial charge in [0.05, 0.1) is 5.54 Å². The van der Waals surface area contributed by atoms with Gasteiger partial charge in [-0.3, -0.25) is 4.90 Å². The highest BCUT2D eigenvalue weighted by molar-refractivity contribution is 5.69. The third-order valence-electron chi connectivity index (χ3n) is 5.85. The quantitative estimate of drug-likeness (QED) is 0.906. The fourth-order valence-electron chi connectivity index (χ4n) is 4.17. The molecule has 1 aromatic carbocycles. The number of benzene rings is 1. The molecule has 0 bridgehead atoms. The maximum atomic E-state index is 12.3. The van der Waals surface area contributed by atoms with E-state index in [1.165, 1.54) is 5.56 Å². The molecule has 4 heteroatoms. The van der Waals surface area contributed by atoms with E-state index in [2.05, 4.69) is 54.4 Å². The van der Waals surface area contributed by atoms with Crippen molar-refractivity contribution < 1.29 is 9.53 Å². The van der Waals surface area contributed by atoms with Gasteiger partial charge in [-0.05, 0) is 46.1 Å². The summed E-state index contributed by atoms with van der Waals surface area (Å²) in [5, 5.41) is 3.22. The summed E-state index contributed by atoms with van der Waals surface area (Å²) in [6, 6.07) is 10.9. The van der Waals surface area contributed by atoms with E-state index in [1.807, 2.05) is 20.8 Å². The lowest BCUT2D eigenvalue weighted by atomic mass is 9.57. The molecule has 24 heavy (non-hydrogen) atoms. The average molecular weight is 330 g/mol. The molecule has 0 aromatic heterocycles. The second-order valence-corrected chi connectivity index (χ2v) is 8.76. The average Bonchev–Trinajstić information content (AvgIpc) is 2.68. The van der Waals surface area contributed by atoms with Crippen LogP contribution >= 0.6 is 0 Å². The number of ether oxygens (including phenoxy) is 1. The highest BCUT2D eigenvalue weighted by Crippen LogP contribution is 2.56. The lowest BCUT2D eigenvalue weighted by Gasteiger charge is -2.52. The molecule has 1 amide bonds. The Bertz CT molecular complexity index is 610. The van der Waals surface area contributed by atoms with Crippen LogP contribution in [0.4, 0.5) is 4.79 Å². The molecule has 132 valence electrons. The molecule has 1 aromatic rings. The molecule has 1 heterocycles. The SMILES string of the molecule is C[C@H](c1ccccc1)N1C[C@]2(C)CC[C@@]2(NC(=O)OC(C)(C)C)C1. The van der Waals surface area contributed by atoms with E-state index in [9.17, 15) is 4.79 Å². The van der Waals surface area contributed by atoms with Gasteiger partial charge in [0.2, 0.25) is 0 Å². The number of carbonyl (C=O) groups is 1. The number of nitrogens with zero attached hydrogens (tertiary/aromatic N) is 1. The van der Waals surface area contributed by atoms with Gasteiger partial charge in [0, 0.05) is 24.5 Å². The fraction of sp³-hybridized carbons (Fsp3) is 0.650. The largest absolute Gasteiger partial charge is 0.444 e. The van der Waals surface area contributed by atoms with Gasteiger partial charge in [-0.1, -0.05) is 37.3 Å². The molecule has 1 saturated heterocycles. The number of amides is 1. The van der Waals surface area contributed by atoms with Crippen LogP contribution in [0.3, 0.4) is 0 Å². The first-order chi connectivity index (χ1) is 11.1. The number of hydrogen-bond donors (Lipinski definition) is 1. The molecule has 2 fully saturated rings. The lowest BCUT2D eigenvalue weighted by molar-refractivity contribution is 0.00511. The summed E-state index contributed by atoms with van der Waals surface area (Å²) in [5.74, 6) is 0. The van der Waals surface area contributed by atoms with Gasteiger partial charge in [0.1, 0.15) is 5.60 Å². The standard InChI is InChI=1S/C20H30N2O2/c1-15(16-9-7-6-8-10-16)22-13-19(5)11-12-20(19,14-22)21-17(23)24-18(2,3)4/h6-10,15H,11-14H2,1-5H3,(H,21,23)/t15-,19+,20-/m1/s1. The molecule has 1 saturated carbocycles. The number of carbonyl (C=O) groups excluding carboxylic acids is 1. The van der Waals surface area contributed by atoms with Crippen LogP contribution in [0.2, 0.25) is 0 Å². The van der Waals surface area contributed by atoms with Crippen LogP contribution in [0.25, 0.3) is 0 Å². The maximum Gasteiger partial charge on any atom is 0.408 e. The van der Waals surface area contributed by atoms with Gasteiger partial charge < -0.3 is 10.1 Å². The molecule has 4 nitrogen and oxygen atoms in total. The van der Waals surface area contributed by atoms with Crippen LogP contribution in [0.5, 0.6) is 0 Å². The first kappa shape index (κ1) is 17.3. The van der Waals surface area contributed by atoms with Crippen LogP contribution in [-0.2, 0) is 4.74 Å². The van der Waals surface area contributed by atoms with E-state index < -0.39 is 5.60 Å². The number of fused-ring (bicyclic) bond motifs is 1. The van der Waals surface area contributed by atoms with E-state index in [4.69, 9.17) is 4.74 Å². The number of rotatable bonds is 3. The highest BCUT2D eigenvalue weighted by atomic mass is 16.6. The minimum atomic E-state index is -0.462. The molecule has 1 N–H and O–H groups in total. The van der Waals surface area contributed by atoms with E-state index >= 15 is 0 Å². The Balaban J connectivity index is 1.72. The summed E-state index contributed by atoms with van der Waals surface area (Å²) in [6.45, 7) is 12.2. The second kappa shape index (κ2) is 5.76. The lowest BCUT2D eigenvalue weighted by Crippen LogP contribution is -2.66.